The fourth-order valence-corrected chi connectivity index (χ4v) is 2.95. The van der Waals surface area contributed by atoms with Crippen LogP contribution in [0.25, 0.3) is 11.1 Å². The number of nitrogens with one attached hydrogen (secondary N) is 1. The molecular formula is C20H24N2O6. The quantitative estimate of drug-likeness (QED) is 0.337. The van der Waals surface area contributed by atoms with Gasteiger partial charge in [-0.05, 0) is 19.4 Å². The summed E-state index contributed by atoms with van der Waals surface area (Å²) in [5.41, 5.74) is 1.45. The normalized spacial score (nSPS) is 10.6. The number of ether oxygens (including phenoxy) is 1. The number of carbonyl (C=O) groups is 3. The Bertz CT molecular complexity index is 838. The van der Waals surface area contributed by atoms with Gasteiger partial charge in [-0.2, -0.15) is 0 Å². The highest BCUT2D eigenvalue weighted by Crippen LogP contribution is 2.31. The van der Waals surface area contributed by atoms with Gasteiger partial charge in [-0.25, -0.2) is 4.79 Å². The number of aliphatic hydroxyl groups excluding tert-OH is 2. The zero-order chi connectivity index (χ0) is 20.7. The van der Waals surface area contributed by atoms with Crippen LogP contribution in [0.5, 0.6) is 0 Å². The van der Waals surface area contributed by atoms with E-state index in [4.69, 9.17) is 14.9 Å². The molecular weight excluding hydrogens is 364 g/mol. The molecule has 0 saturated heterocycles. The molecule has 28 heavy (non-hydrogen) atoms. The molecule has 2 rings (SSSR count). The minimum atomic E-state index is -0.878. The summed E-state index contributed by atoms with van der Waals surface area (Å²) in [7, 11) is 0. The molecule has 0 unspecified atom stereocenters. The molecule has 8 heteroatoms. The van der Waals surface area contributed by atoms with E-state index >= 15 is 0 Å². The van der Waals surface area contributed by atoms with E-state index in [2.05, 4.69) is 4.98 Å². The first-order valence-electron chi connectivity index (χ1n) is 8.96. The Balaban J connectivity index is 2.57. The molecule has 0 aliphatic rings. The molecule has 0 fully saturated rings. The van der Waals surface area contributed by atoms with Crippen LogP contribution in [0.2, 0.25) is 0 Å². The van der Waals surface area contributed by atoms with Crippen LogP contribution in [0, 0.1) is 6.92 Å². The van der Waals surface area contributed by atoms with Crippen LogP contribution in [0.4, 0.5) is 0 Å². The first-order chi connectivity index (χ1) is 13.5. The number of benzene rings is 1. The number of carbonyl (C=O) groups excluding carboxylic acids is 3. The Kier molecular flexibility index (Phi) is 7.48. The second kappa shape index (κ2) is 9.82. The van der Waals surface area contributed by atoms with E-state index in [-0.39, 0.29) is 44.2 Å². The zero-order valence-electron chi connectivity index (χ0n) is 15.9. The number of aromatic amines is 1. The molecule has 1 aromatic carbocycles. The number of aromatic nitrogens is 1. The summed E-state index contributed by atoms with van der Waals surface area (Å²) >= 11 is 0. The summed E-state index contributed by atoms with van der Waals surface area (Å²) in [6, 6.07) is 8.76. The van der Waals surface area contributed by atoms with Gasteiger partial charge in [0.15, 0.2) is 0 Å². The zero-order valence-corrected chi connectivity index (χ0v) is 15.9. The van der Waals surface area contributed by atoms with Gasteiger partial charge >= 0.3 is 5.97 Å². The molecule has 1 heterocycles. The number of amides is 1. The number of rotatable bonds is 9. The van der Waals surface area contributed by atoms with Gasteiger partial charge in [0.25, 0.3) is 11.7 Å². The molecule has 0 atom stereocenters. The Hall–Kier alpha value is -2.97. The van der Waals surface area contributed by atoms with Gasteiger partial charge < -0.3 is 24.8 Å². The molecule has 0 bridgehead atoms. The summed E-state index contributed by atoms with van der Waals surface area (Å²) in [4.78, 5) is 42.0. The summed E-state index contributed by atoms with van der Waals surface area (Å²) in [6.07, 6.45) is 0. The fraction of sp³-hybridized carbons (Fsp3) is 0.350. The number of aryl methyl sites for hydroxylation is 1. The van der Waals surface area contributed by atoms with E-state index in [0.29, 0.717) is 16.8 Å². The van der Waals surface area contributed by atoms with Gasteiger partial charge in [0.05, 0.1) is 25.4 Å². The lowest BCUT2D eigenvalue weighted by Gasteiger charge is -2.19. The molecule has 0 aliphatic carbocycles. The van der Waals surface area contributed by atoms with Crippen molar-refractivity contribution in [2.45, 2.75) is 13.8 Å². The van der Waals surface area contributed by atoms with E-state index in [1.54, 1.807) is 44.2 Å². The topological polar surface area (TPSA) is 120 Å². The maximum atomic E-state index is 12.9. The average Bonchev–Trinajstić information content (AvgIpc) is 3.04. The van der Waals surface area contributed by atoms with Gasteiger partial charge in [0.2, 0.25) is 0 Å². The van der Waals surface area contributed by atoms with E-state index in [1.165, 1.54) is 0 Å². The maximum absolute atomic E-state index is 12.9. The van der Waals surface area contributed by atoms with Crippen molar-refractivity contribution < 1.29 is 29.3 Å². The van der Waals surface area contributed by atoms with Crippen LogP contribution in [0.1, 0.15) is 33.5 Å². The van der Waals surface area contributed by atoms with Crippen molar-refractivity contribution in [2.24, 2.45) is 0 Å². The highest BCUT2D eigenvalue weighted by atomic mass is 16.5. The van der Waals surface area contributed by atoms with Crippen molar-refractivity contribution in [3.8, 4) is 11.1 Å². The second-order valence-corrected chi connectivity index (χ2v) is 6.03. The minimum Gasteiger partial charge on any atom is -0.462 e. The third kappa shape index (κ3) is 4.47. The van der Waals surface area contributed by atoms with Crippen LogP contribution in [-0.4, -0.2) is 70.7 Å². The molecule has 0 radical (unpaired) electrons. The number of hydrogen-bond acceptors (Lipinski definition) is 6. The van der Waals surface area contributed by atoms with Gasteiger partial charge in [-0.1, -0.05) is 30.3 Å². The number of ketones is 1. The lowest BCUT2D eigenvalue weighted by Crippen LogP contribution is -2.40. The number of aliphatic hydroxyl groups is 2. The molecule has 3 N–H and O–H groups in total. The van der Waals surface area contributed by atoms with Gasteiger partial charge in [0.1, 0.15) is 5.69 Å². The SMILES string of the molecule is CCOC(=O)c1c(C)[nH]c(C(=O)C(=O)N(CCO)CCO)c1-c1ccccc1. The molecule has 2 aromatic rings. The van der Waals surface area contributed by atoms with E-state index in [1.807, 2.05) is 0 Å². The minimum absolute atomic E-state index is 0.0300. The van der Waals surface area contributed by atoms with Crippen LogP contribution in [0.15, 0.2) is 30.3 Å². The Morgan fingerprint density at radius 1 is 1.07 bits per heavy atom. The van der Waals surface area contributed by atoms with Crippen molar-refractivity contribution in [1.82, 2.24) is 9.88 Å². The van der Waals surface area contributed by atoms with E-state index in [9.17, 15) is 14.4 Å². The number of Topliss-reactive ketones (excluding diaryl/α,β-unsaturated/α-hetero) is 1. The van der Waals surface area contributed by atoms with Crippen molar-refractivity contribution in [3.63, 3.8) is 0 Å². The monoisotopic (exact) mass is 388 g/mol. The number of H-pyrrole nitrogens is 1. The lowest BCUT2D eigenvalue weighted by molar-refractivity contribution is -0.127. The van der Waals surface area contributed by atoms with E-state index < -0.39 is 17.7 Å². The van der Waals surface area contributed by atoms with E-state index in [0.717, 1.165) is 4.90 Å². The molecule has 8 nitrogen and oxygen atoms in total. The van der Waals surface area contributed by atoms with Crippen molar-refractivity contribution in [2.75, 3.05) is 32.9 Å². The van der Waals surface area contributed by atoms with Gasteiger partial charge in [-0.15, -0.1) is 0 Å². The average molecular weight is 388 g/mol. The van der Waals surface area contributed by atoms with Gasteiger partial charge in [0, 0.05) is 24.3 Å². The first kappa shape index (κ1) is 21.3. The highest BCUT2D eigenvalue weighted by molar-refractivity contribution is 6.43. The summed E-state index contributed by atoms with van der Waals surface area (Å²) in [5.74, 6) is -2.33. The smallest absolute Gasteiger partial charge is 0.340 e. The number of nitrogens with zero attached hydrogens (tertiary/aromatic N) is 1. The molecule has 1 aromatic heterocycles. The molecule has 0 spiro atoms. The Labute approximate surface area is 162 Å². The Morgan fingerprint density at radius 3 is 2.21 bits per heavy atom. The van der Waals surface area contributed by atoms with Crippen LogP contribution >= 0.6 is 0 Å². The van der Waals surface area contributed by atoms with Crippen LogP contribution in [-0.2, 0) is 9.53 Å². The van der Waals surface area contributed by atoms with Crippen molar-refractivity contribution >= 4 is 17.7 Å². The third-order valence-corrected chi connectivity index (χ3v) is 4.18. The highest BCUT2D eigenvalue weighted by Gasteiger charge is 2.31. The first-order valence-corrected chi connectivity index (χ1v) is 8.96. The summed E-state index contributed by atoms with van der Waals surface area (Å²) < 4.78 is 5.12. The van der Waals surface area contributed by atoms with Crippen LogP contribution in [0.3, 0.4) is 0 Å². The number of hydrogen-bond donors (Lipinski definition) is 3. The van der Waals surface area contributed by atoms with Gasteiger partial charge in [-0.3, -0.25) is 9.59 Å². The third-order valence-electron chi connectivity index (χ3n) is 4.18. The lowest BCUT2D eigenvalue weighted by atomic mass is 9.98. The van der Waals surface area contributed by atoms with Crippen molar-refractivity contribution in [3.05, 3.63) is 47.3 Å². The fourth-order valence-electron chi connectivity index (χ4n) is 2.95. The molecule has 0 aliphatic heterocycles. The molecule has 150 valence electrons. The maximum Gasteiger partial charge on any atom is 0.340 e. The summed E-state index contributed by atoms with van der Waals surface area (Å²) in [6.45, 7) is 2.61. The molecule has 1 amide bonds. The van der Waals surface area contributed by atoms with Crippen LogP contribution < -0.4 is 0 Å². The Morgan fingerprint density at radius 2 is 1.68 bits per heavy atom. The summed E-state index contributed by atoms with van der Waals surface area (Å²) in [5, 5.41) is 18.2. The molecule has 0 saturated carbocycles. The predicted octanol–water partition coefficient (Wildman–Crippen LogP) is 1.16. The second-order valence-electron chi connectivity index (χ2n) is 6.03. The van der Waals surface area contributed by atoms with Crippen molar-refractivity contribution in [1.29, 1.82) is 0 Å². The predicted molar refractivity (Wildman–Crippen MR) is 102 cm³/mol. The number of esters is 1. The largest absolute Gasteiger partial charge is 0.462 e. The standard InChI is InChI=1S/C20H24N2O6/c1-3-28-20(27)15-13(2)21-17(16(15)14-7-5-4-6-8-14)18(25)19(26)22(9-11-23)10-12-24/h4-8,21,23-24H,3,9-12H2,1-2H3.